The lowest BCUT2D eigenvalue weighted by molar-refractivity contribution is -0.119. The summed E-state index contributed by atoms with van der Waals surface area (Å²) >= 11 is 0. The highest BCUT2D eigenvalue weighted by atomic mass is 16.3. The van der Waals surface area contributed by atoms with Gasteiger partial charge < -0.3 is 10.4 Å². The van der Waals surface area contributed by atoms with Gasteiger partial charge in [-0.25, -0.2) is 0 Å². The number of hydrogen-bond donors (Lipinski definition) is 2. The topological polar surface area (TPSA) is 52.6 Å². The van der Waals surface area contributed by atoms with Crippen molar-refractivity contribution in [3.63, 3.8) is 0 Å². The SMILES string of the molecule is Cc1cc(C)c(NC(=O)CN2CC(CO)C2)c(C)c1. The number of carbonyl (C=O) groups excluding carboxylic acids is 1. The Bertz CT molecular complexity index is 456. The third-order valence-corrected chi connectivity index (χ3v) is 3.60. The molecule has 1 amide bonds. The van der Waals surface area contributed by atoms with Gasteiger partial charge in [0.2, 0.25) is 5.91 Å². The zero-order valence-corrected chi connectivity index (χ0v) is 11.9. The molecule has 2 rings (SSSR count). The lowest BCUT2D eigenvalue weighted by Gasteiger charge is -2.37. The van der Waals surface area contributed by atoms with Crippen LogP contribution in [0.3, 0.4) is 0 Å². The zero-order chi connectivity index (χ0) is 14.0. The minimum absolute atomic E-state index is 0.0199. The van der Waals surface area contributed by atoms with Crippen LogP contribution in [0, 0.1) is 26.7 Å². The highest BCUT2D eigenvalue weighted by Crippen LogP contribution is 2.22. The smallest absolute Gasteiger partial charge is 0.238 e. The average molecular weight is 262 g/mol. The first-order chi connectivity index (χ1) is 8.99. The molecule has 0 aliphatic carbocycles. The molecule has 0 atom stereocenters. The Hall–Kier alpha value is -1.39. The molecule has 104 valence electrons. The lowest BCUT2D eigenvalue weighted by atomic mass is 10.0. The molecule has 0 spiro atoms. The van der Waals surface area contributed by atoms with Crippen molar-refractivity contribution in [2.75, 3.05) is 31.6 Å². The number of aliphatic hydroxyl groups is 1. The van der Waals surface area contributed by atoms with E-state index in [9.17, 15) is 4.79 Å². The second-order valence-electron chi connectivity index (χ2n) is 5.56. The van der Waals surface area contributed by atoms with Crippen LogP contribution in [0.25, 0.3) is 0 Å². The summed E-state index contributed by atoms with van der Waals surface area (Å²) in [5.74, 6) is 0.363. The first kappa shape index (κ1) is 14.0. The standard InChI is InChI=1S/C15H22N2O2/c1-10-4-11(2)15(12(3)5-10)16-14(19)8-17-6-13(7-17)9-18/h4-5,13,18H,6-9H2,1-3H3,(H,16,19). The summed E-state index contributed by atoms with van der Waals surface area (Å²) in [4.78, 5) is 14.0. The van der Waals surface area contributed by atoms with Crippen LogP contribution >= 0.6 is 0 Å². The Kier molecular flexibility index (Phi) is 4.22. The van der Waals surface area contributed by atoms with E-state index in [-0.39, 0.29) is 12.5 Å². The summed E-state index contributed by atoms with van der Waals surface area (Å²) in [6.45, 7) is 8.34. The average Bonchev–Trinajstić information content (AvgIpc) is 2.27. The van der Waals surface area contributed by atoms with Gasteiger partial charge in [-0.2, -0.15) is 0 Å². The third kappa shape index (κ3) is 3.33. The fraction of sp³-hybridized carbons (Fsp3) is 0.533. The monoisotopic (exact) mass is 262 g/mol. The minimum atomic E-state index is 0.0199. The molecule has 4 nitrogen and oxygen atoms in total. The fourth-order valence-electron chi connectivity index (χ4n) is 2.68. The molecule has 1 aliphatic heterocycles. The van der Waals surface area contributed by atoms with Crippen molar-refractivity contribution in [2.45, 2.75) is 20.8 Å². The van der Waals surface area contributed by atoms with Crippen molar-refractivity contribution in [3.05, 3.63) is 28.8 Å². The molecule has 1 saturated heterocycles. The van der Waals surface area contributed by atoms with Gasteiger partial charge in [0.15, 0.2) is 0 Å². The van der Waals surface area contributed by atoms with Crippen molar-refractivity contribution in [1.82, 2.24) is 4.90 Å². The number of benzene rings is 1. The van der Waals surface area contributed by atoms with E-state index in [2.05, 4.69) is 29.3 Å². The van der Waals surface area contributed by atoms with Crippen LogP contribution in [0.1, 0.15) is 16.7 Å². The molecule has 1 aromatic carbocycles. The van der Waals surface area contributed by atoms with Gasteiger partial charge in [0, 0.05) is 31.3 Å². The van der Waals surface area contributed by atoms with Crippen LogP contribution in [0.2, 0.25) is 0 Å². The van der Waals surface area contributed by atoms with Gasteiger partial charge in [-0.15, -0.1) is 0 Å². The van der Waals surface area contributed by atoms with E-state index in [1.54, 1.807) is 0 Å². The zero-order valence-electron chi connectivity index (χ0n) is 11.9. The molecule has 1 fully saturated rings. The number of hydrogen-bond acceptors (Lipinski definition) is 3. The molecule has 19 heavy (non-hydrogen) atoms. The van der Waals surface area contributed by atoms with Gasteiger partial charge in [-0.3, -0.25) is 9.69 Å². The molecule has 0 saturated carbocycles. The highest BCUT2D eigenvalue weighted by Gasteiger charge is 2.27. The number of nitrogens with zero attached hydrogens (tertiary/aromatic N) is 1. The third-order valence-electron chi connectivity index (χ3n) is 3.60. The summed E-state index contributed by atoms with van der Waals surface area (Å²) in [5, 5.41) is 11.9. The van der Waals surface area contributed by atoms with E-state index >= 15 is 0 Å². The van der Waals surface area contributed by atoms with Crippen molar-refractivity contribution in [2.24, 2.45) is 5.92 Å². The van der Waals surface area contributed by atoms with Crippen molar-refractivity contribution < 1.29 is 9.90 Å². The molecule has 0 aromatic heterocycles. The van der Waals surface area contributed by atoms with Crippen molar-refractivity contribution in [3.8, 4) is 0 Å². The Morgan fingerprint density at radius 2 is 1.89 bits per heavy atom. The Balaban J connectivity index is 1.93. The number of likely N-dealkylation sites (tertiary alicyclic amines) is 1. The summed E-state index contributed by atoms with van der Waals surface area (Å²) < 4.78 is 0. The second-order valence-corrected chi connectivity index (χ2v) is 5.56. The van der Waals surface area contributed by atoms with Gasteiger partial charge in [-0.05, 0) is 31.9 Å². The Labute approximate surface area is 114 Å². The molecule has 4 heteroatoms. The van der Waals surface area contributed by atoms with E-state index in [0.29, 0.717) is 12.5 Å². The lowest BCUT2D eigenvalue weighted by Crippen LogP contribution is -2.51. The van der Waals surface area contributed by atoms with Crippen LogP contribution in [-0.2, 0) is 4.79 Å². The van der Waals surface area contributed by atoms with Gasteiger partial charge in [-0.1, -0.05) is 17.7 Å². The summed E-state index contributed by atoms with van der Waals surface area (Å²) in [6, 6.07) is 4.15. The number of nitrogens with one attached hydrogen (secondary N) is 1. The van der Waals surface area contributed by atoms with Crippen LogP contribution in [0.15, 0.2) is 12.1 Å². The first-order valence-corrected chi connectivity index (χ1v) is 6.70. The van der Waals surface area contributed by atoms with Gasteiger partial charge >= 0.3 is 0 Å². The van der Waals surface area contributed by atoms with E-state index in [4.69, 9.17) is 5.11 Å². The fourth-order valence-corrected chi connectivity index (χ4v) is 2.68. The van der Waals surface area contributed by atoms with Gasteiger partial charge in [0.05, 0.1) is 6.54 Å². The molecule has 0 radical (unpaired) electrons. The molecular weight excluding hydrogens is 240 g/mol. The largest absolute Gasteiger partial charge is 0.396 e. The van der Waals surface area contributed by atoms with Gasteiger partial charge in [0.25, 0.3) is 0 Å². The van der Waals surface area contributed by atoms with Gasteiger partial charge in [0.1, 0.15) is 0 Å². The van der Waals surface area contributed by atoms with Crippen LogP contribution < -0.4 is 5.32 Å². The normalized spacial score (nSPS) is 16.2. The van der Waals surface area contributed by atoms with E-state index in [0.717, 1.165) is 29.9 Å². The van der Waals surface area contributed by atoms with E-state index in [1.807, 2.05) is 13.8 Å². The second kappa shape index (κ2) is 5.72. The first-order valence-electron chi connectivity index (χ1n) is 6.70. The number of amides is 1. The number of aliphatic hydroxyl groups excluding tert-OH is 1. The van der Waals surface area contributed by atoms with Crippen LogP contribution in [-0.4, -0.2) is 42.2 Å². The molecular formula is C15H22N2O2. The Morgan fingerprint density at radius 3 is 2.42 bits per heavy atom. The molecule has 1 heterocycles. The predicted octanol–water partition coefficient (Wildman–Crippen LogP) is 1.47. The summed E-state index contributed by atoms with van der Waals surface area (Å²) in [7, 11) is 0. The number of anilines is 1. The number of rotatable bonds is 4. The maximum absolute atomic E-state index is 12.0. The van der Waals surface area contributed by atoms with Crippen molar-refractivity contribution in [1.29, 1.82) is 0 Å². The van der Waals surface area contributed by atoms with Crippen LogP contribution in [0.5, 0.6) is 0 Å². The van der Waals surface area contributed by atoms with E-state index < -0.39 is 0 Å². The van der Waals surface area contributed by atoms with Crippen molar-refractivity contribution >= 4 is 11.6 Å². The molecule has 1 aliphatic rings. The van der Waals surface area contributed by atoms with Crippen LogP contribution in [0.4, 0.5) is 5.69 Å². The summed E-state index contributed by atoms with van der Waals surface area (Å²) in [5.41, 5.74) is 4.33. The quantitative estimate of drug-likeness (QED) is 0.864. The highest BCUT2D eigenvalue weighted by molar-refractivity contribution is 5.93. The molecule has 2 N–H and O–H groups in total. The molecule has 1 aromatic rings. The van der Waals surface area contributed by atoms with E-state index in [1.165, 1.54) is 5.56 Å². The summed E-state index contributed by atoms with van der Waals surface area (Å²) in [6.07, 6.45) is 0. The molecule has 0 bridgehead atoms. The predicted molar refractivity (Wildman–Crippen MR) is 76.3 cm³/mol. The Morgan fingerprint density at radius 1 is 1.32 bits per heavy atom. The number of carbonyl (C=O) groups is 1. The molecule has 0 unspecified atom stereocenters. The minimum Gasteiger partial charge on any atom is -0.396 e. The maximum Gasteiger partial charge on any atom is 0.238 e. The number of aryl methyl sites for hydroxylation is 3. The maximum atomic E-state index is 12.0.